The summed E-state index contributed by atoms with van der Waals surface area (Å²) >= 11 is 0. The monoisotopic (exact) mass is 342 g/mol. The van der Waals surface area contributed by atoms with E-state index in [4.69, 9.17) is 9.47 Å². The second kappa shape index (κ2) is 10.1. The number of para-hydroxylation sites is 1. The zero-order valence-corrected chi connectivity index (χ0v) is 14.3. The van der Waals surface area contributed by atoms with Gasteiger partial charge in [0.1, 0.15) is 5.75 Å². The molecule has 0 atom stereocenters. The van der Waals surface area contributed by atoms with Crippen molar-refractivity contribution in [2.24, 2.45) is 0 Å². The Morgan fingerprint density at radius 3 is 2.48 bits per heavy atom. The van der Waals surface area contributed by atoms with Crippen LogP contribution in [0.1, 0.15) is 18.9 Å². The van der Waals surface area contributed by atoms with Gasteiger partial charge in [0.25, 0.3) is 5.91 Å². The van der Waals surface area contributed by atoms with Crippen LogP contribution in [0.4, 0.5) is 0 Å². The summed E-state index contributed by atoms with van der Waals surface area (Å²) in [6, 6.07) is 12.8. The molecule has 1 aromatic heterocycles. The van der Waals surface area contributed by atoms with Crippen LogP contribution >= 0.6 is 0 Å². The Bertz CT molecular complexity index is 662. The summed E-state index contributed by atoms with van der Waals surface area (Å²) in [5, 5.41) is 0. The van der Waals surface area contributed by atoms with E-state index in [-0.39, 0.29) is 31.4 Å². The lowest BCUT2D eigenvalue weighted by Gasteiger charge is -2.22. The molecule has 0 spiro atoms. The minimum absolute atomic E-state index is 0.0854. The molecule has 0 N–H and O–H groups in total. The summed E-state index contributed by atoms with van der Waals surface area (Å²) in [6.45, 7) is 2.66. The number of pyridine rings is 1. The Morgan fingerprint density at radius 2 is 1.80 bits per heavy atom. The van der Waals surface area contributed by atoms with Gasteiger partial charge in [0.15, 0.2) is 6.61 Å². The van der Waals surface area contributed by atoms with Crippen LogP contribution in [0, 0.1) is 0 Å². The van der Waals surface area contributed by atoms with E-state index in [0.29, 0.717) is 18.9 Å². The fourth-order valence-corrected chi connectivity index (χ4v) is 2.21. The number of ether oxygens (including phenoxy) is 2. The Labute approximate surface area is 147 Å². The number of hydrogen-bond donors (Lipinski definition) is 0. The molecule has 1 amide bonds. The van der Waals surface area contributed by atoms with E-state index in [0.717, 1.165) is 5.56 Å². The summed E-state index contributed by atoms with van der Waals surface area (Å²) in [5.41, 5.74) is 0.937. The van der Waals surface area contributed by atoms with Crippen molar-refractivity contribution in [3.63, 3.8) is 0 Å². The highest BCUT2D eigenvalue weighted by atomic mass is 16.5. The molecule has 0 saturated carbocycles. The largest absolute Gasteiger partial charge is 0.484 e. The quantitative estimate of drug-likeness (QED) is 0.655. The average molecular weight is 342 g/mol. The van der Waals surface area contributed by atoms with Crippen LogP contribution in [0.2, 0.25) is 0 Å². The Kier molecular flexibility index (Phi) is 7.43. The molecule has 25 heavy (non-hydrogen) atoms. The molecule has 0 unspecified atom stereocenters. The van der Waals surface area contributed by atoms with Gasteiger partial charge in [-0.1, -0.05) is 18.2 Å². The summed E-state index contributed by atoms with van der Waals surface area (Å²) < 4.78 is 10.5. The normalized spacial score (nSPS) is 10.1. The number of hydrogen-bond acceptors (Lipinski definition) is 5. The molecule has 0 aliphatic rings. The molecule has 1 heterocycles. The van der Waals surface area contributed by atoms with Crippen LogP contribution < -0.4 is 4.74 Å². The van der Waals surface area contributed by atoms with Gasteiger partial charge in [0.05, 0.1) is 13.0 Å². The highest BCUT2D eigenvalue weighted by molar-refractivity contribution is 5.78. The first kappa shape index (κ1) is 18.4. The zero-order valence-electron chi connectivity index (χ0n) is 14.3. The Morgan fingerprint density at radius 1 is 1.08 bits per heavy atom. The molecular weight excluding hydrogens is 320 g/mol. The van der Waals surface area contributed by atoms with E-state index in [1.54, 1.807) is 36.4 Å². The lowest BCUT2D eigenvalue weighted by molar-refractivity contribution is -0.144. The predicted octanol–water partition coefficient (Wildman–Crippen LogP) is 2.44. The second-order valence-electron chi connectivity index (χ2n) is 5.33. The molecule has 1 aromatic carbocycles. The molecule has 0 saturated heterocycles. The van der Waals surface area contributed by atoms with Gasteiger partial charge in [-0.3, -0.25) is 14.6 Å². The Hall–Kier alpha value is -2.89. The number of esters is 1. The van der Waals surface area contributed by atoms with Gasteiger partial charge in [-0.05, 0) is 36.8 Å². The third kappa shape index (κ3) is 6.63. The molecule has 6 heteroatoms. The highest BCUT2D eigenvalue weighted by Gasteiger charge is 2.16. The molecule has 2 aromatic rings. The van der Waals surface area contributed by atoms with Crippen LogP contribution in [0.3, 0.4) is 0 Å². The van der Waals surface area contributed by atoms with Crippen molar-refractivity contribution in [2.75, 3.05) is 19.8 Å². The van der Waals surface area contributed by atoms with E-state index in [1.807, 2.05) is 30.3 Å². The number of nitrogens with zero attached hydrogens (tertiary/aromatic N) is 2. The fraction of sp³-hybridized carbons (Fsp3) is 0.316. The third-order valence-electron chi connectivity index (χ3n) is 3.47. The summed E-state index contributed by atoms with van der Waals surface area (Å²) in [5.74, 6) is 0.120. The molecule has 0 radical (unpaired) electrons. The van der Waals surface area contributed by atoms with Gasteiger partial charge in [-0.15, -0.1) is 0 Å². The van der Waals surface area contributed by atoms with Crippen molar-refractivity contribution in [3.8, 4) is 5.75 Å². The predicted molar refractivity (Wildman–Crippen MR) is 92.8 cm³/mol. The van der Waals surface area contributed by atoms with Crippen LogP contribution in [0.25, 0.3) is 0 Å². The molecule has 2 rings (SSSR count). The van der Waals surface area contributed by atoms with Crippen molar-refractivity contribution < 1.29 is 19.1 Å². The summed E-state index contributed by atoms with van der Waals surface area (Å²) in [7, 11) is 0. The molecule has 0 aliphatic heterocycles. The number of aromatic nitrogens is 1. The van der Waals surface area contributed by atoms with E-state index in [9.17, 15) is 9.59 Å². The first-order valence-electron chi connectivity index (χ1n) is 8.19. The minimum atomic E-state index is -0.320. The van der Waals surface area contributed by atoms with Gasteiger partial charge in [-0.25, -0.2) is 0 Å². The van der Waals surface area contributed by atoms with Crippen LogP contribution in [-0.4, -0.2) is 41.5 Å². The van der Waals surface area contributed by atoms with Crippen LogP contribution in [0.15, 0.2) is 54.9 Å². The number of amides is 1. The maximum atomic E-state index is 12.5. The average Bonchev–Trinajstić information content (AvgIpc) is 2.65. The van der Waals surface area contributed by atoms with E-state index < -0.39 is 0 Å². The van der Waals surface area contributed by atoms with Gasteiger partial charge in [0.2, 0.25) is 0 Å². The maximum absolute atomic E-state index is 12.5. The van der Waals surface area contributed by atoms with E-state index in [2.05, 4.69) is 4.98 Å². The smallest absolute Gasteiger partial charge is 0.307 e. The van der Waals surface area contributed by atoms with Crippen molar-refractivity contribution in [1.29, 1.82) is 0 Å². The van der Waals surface area contributed by atoms with Crippen LogP contribution in [-0.2, 0) is 20.9 Å². The van der Waals surface area contributed by atoms with Crippen molar-refractivity contribution in [3.05, 3.63) is 60.4 Å². The first-order chi connectivity index (χ1) is 12.2. The summed E-state index contributed by atoms with van der Waals surface area (Å²) in [6.07, 6.45) is 3.49. The van der Waals surface area contributed by atoms with E-state index >= 15 is 0 Å². The standard InChI is InChI=1S/C19H22N2O4/c1-2-24-19(23)10-13-21(14-16-8-11-20-12-9-16)18(22)15-25-17-6-4-3-5-7-17/h3-9,11-12H,2,10,13-15H2,1H3. The minimum Gasteiger partial charge on any atom is -0.484 e. The third-order valence-corrected chi connectivity index (χ3v) is 3.47. The first-order valence-corrected chi connectivity index (χ1v) is 8.19. The second-order valence-corrected chi connectivity index (χ2v) is 5.33. The van der Waals surface area contributed by atoms with Gasteiger partial charge >= 0.3 is 5.97 Å². The van der Waals surface area contributed by atoms with Gasteiger partial charge in [-0.2, -0.15) is 0 Å². The van der Waals surface area contributed by atoms with Crippen molar-refractivity contribution >= 4 is 11.9 Å². The van der Waals surface area contributed by atoms with Crippen molar-refractivity contribution in [1.82, 2.24) is 9.88 Å². The SMILES string of the molecule is CCOC(=O)CCN(Cc1ccncc1)C(=O)COc1ccccc1. The highest BCUT2D eigenvalue weighted by Crippen LogP contribution is 2.10. The van der Waals surface area contributed by atoms with Crippen LogP contribution in [0.5, 0.6) is 5.75 Å². The summed E-state index contributed by atoms with van der Waals surface area (Å²) in [4.78, 5) is 29.7. The molecule has 132 valence electrons. The molecule has 0 bridgehead atoms. The fourth-order valence-electron chi connectivity index (χ4n) is 2.21. The van der Waals surface area contributed by atoms with Crippen molar-refractivity contribution in [2.45, 2.75) is 19.9 Å². The molecular formula is C19H22N2O4. The number of benzene rings is 1. The molecule has 6 nitrogen and oxygen atoms in total. The molecule has 0 fully saturated rings. The lowest BCUT2D eigenvalue weighted by Crippen LogP contribution is -2.36. The topological polar surface area (TPSA) is 68.7 Å². The number of carbonyl (C=O) groups is 2. The lowest BCUT2D eigenvalue weighted by atomic mass is 10.2. The maximum Gasteiger partial charge on any atom is 0.307 e. The van der Waals surface area contributed by atoms with Gasteiger partial charge in [0, 0.05) is 25.5 Å². The van der Waals surface area contributed by atoms with Gasteiger partial charge < -0.3 is 14.4 Å². The number of carbonyl (C=O) groups excluding carboxylic acids is 2. The Balaban J connectivity index is 1.96. The van der Waals surface area contributed by atoms with E-state index in [1.165, 1.54) is 0 Å². The zero-order chi connectivity index (χ0) is 17.9. The molecule has 0 aliphatic carbocycles. The number of rotatable bonds is 9.